The summed E-state index contributed by atoms with van der Waals surface area (Å²) in [5.41, 5.74) is -0.0159. The molecule has 1 aromatic rings. The second kappa shape index (κ2) is 5.27. The third-order valence-corrected chi connectivity index (χ3v) is 2.62. The van der Waals surface area contributed by atoms with E-state index >= 15 is 0 Å². The molecule has 17 heavy (non-hydrogen) atoms. The number of alkyl halides is 4. The summed E-state index contributed by atoms with van der Waals surface area (Å²) in [5.74, 6) is -0.999. The summed E-state index contributed by atoms with van der Waals surface area (Å²) in [7, 11) is 0. The second-order valence-electron chi connectivity index (χ2n) is 3.15. The van der Waals surface area contributed by atoms with Crippen molar-refractivity contribution in [2.45, 2.75) is 18.1 Å². The van der Waals surface area contributed by atoms with Gasteiger partial charge in [-0.15, -0.1) is 13.2 Å². The van der Waals surface area contributed by atoms with E-state index in [0.717, 1.165) is 6.07 Å². The van der Waals surface area contributed by atoms with Gasteiger partial charge in [-0.3, -0.25) is 4.79 Å². The van der Waals surface area contributed by atoms with E-state index in [1.807, 2.05) is 0 Å². The van der Waals surface area contributed by atoms with Crippen LogP contribution in [0.1, 0.15) is 17.3 Å². The molecule has 1 atom stereocenters. The van der Waals surface area contributed by atoms with Gasteiger partial charge >= 0.3 is 6.36 Å². The van der Waals surface area contributed by atoms with Crippen LogP contribution in [-0.2, 0) is 0 Å². The van der Waals surface area contributed by atoms with Gasteiger partial charge in [-0.2, -0.15) is 0 Å². The summed E-state index contributed by atoms with van der Waals surface area (Å²) in [4.78, 5) is 11.1. The van der Waals surface area contributed by atoms with Crippen molar-refractivity contribution in [2.24, 2.45) is 0 Å². The quantitative estimate of drug-likeness (QED) is 0.613. The summed E-state index contributed by atoms with van der Waals surface area (Å²) in [6, 6.07) is 3.66. The van der Waals surface area contributed by atoms with Gasteiger partial charge in [0.2, 0.25) is 0 Å². The molecule has 1 unspecified atom stereocenters. The van der Waals surface area contributed by atoms with Crippen molar-refractivity contribution in [3.8, 4) is 5.75 Å². The molecule has 0 spiro atoms. The summed E-state index contributed by atoms with van der Waals surface area (Å²) in [5, 5.41) is -0.346. The smallest absolute Gasteiger partial charge is 0.404 e. The SMILES string of the molecule is CC(Br)C(=O)c1cccc(OC(F)(F)F)c1Cl. The van der Waals surface area contributed by atoms with Crippen molar-refractivity contribution in [3.63, 3.8) is 0 Å². The van der Waals surface area contributed by atoms with Crippen LogP contribution < -0.4 is 4.74 Å². The molecule has 1 rings (SSSR count). The first-order chi connectivity index (χ1) is 7.72. The summed E-state index contributed by atoms with van der Waals surface area (Å²) < 4.78 is 39.8. The lowest BCUT2D eigenvalue weighted by atomic mass is 10.1. The number of carbonyl (C=O) groups is 1. The van der Waals surface area contributed by atoms with Gasteiger partial charge in [0.05, 0.1) is 9.85 Å². The fourth-order valence-electron chi connectivity index (χ4n) is 1.12. The summed E-state index contributed by atoms with van der Waals surface area (Å²) in [6.45, 7) is 1.55. The van der Waals surface area contributed by atoms with Crippen molar-refractivity contribution in [1.82, 2.24) is 0 Å². The lowest BCUT2D eigenvalue weighted by Gasteiger charge is -2.12. The number of hydrogen-bond acceptors (Lipinski definition) is 2. The van der Waals surface area contributed by atoms with E-state index in [1.165, 1.54) is 12.1 Å². The van der Waals surface area contributed by atoms with Gasteiger partial charge in [-0.1, -0.05) is 33.6 Å². The lowest BCUT2D eigenvalue weighted by molar-refractivity contribution is -0.274. The molecule has 0 N–H and O–H groups in total. The fraction of sp³-hybridized carbons (Fsp3) is 0.300. The summed E-state index contributed by atoms with van der Waals surface area (Å²) >= 11 is 8.71. The van der Waals surface area contributed by atoms with Crippen molar-refractivity contribution in [3.05, 3.63) is 28.8 Å². The third-order valence-electron chi connectivity index (χ3n) is 1.82. The molecule has 0 aliphatic rings. The molecule has 0 heterocycles. The zero-order chi connectivity index (χ0) is 13.2. The van der Waals surface area contributed by atoms with E-state index < -0.39 is 22.7 Å². The molecule has 1 aromatic carbocycles. The molecule has 0 aliphatic heterocycles. The van der Waals surface area contributed by atoms with Crippen molar-refractivity contribution in [1.29, 1.82) is 0 Å². The first-order valence-electron chi connectivity index (χ1n) is 4.45. The highest BCUT2D eigenvalue weighted by atomic mass is 79.9. The minimum atomic E-state index is -4.84. The van der Waals surface area contributed by atoms with E-state index in [2.05, 4.69) is 20.7 Å². The molecule has 0 aliphatic carbocycles. The molecule has 0 amide bonds. The van der Waals surface area contributed by atoms with Gasteiger partial charge in [0.25, 0.3) is 0 Å². The normalized spacial score (nSPS) is 13.3. The number of hydrogen-bond donors (Lipinski definition) is 0. The highest BCUT2D eigenvalue weighted by Crippen LogP contribution is 2.33. The maximum absolute atomic E-state index is 12.0. The van der Waals surface area contributed by atoms with Crippen LogP contribution in [0, 0.1) is 0 Å². The van der Waals surface area contributed by atoms with E-state index in [9.17, 15) is 18.0 Å². The third kappa shape index (κ3) is 3.89. The van der Waals surface area contributed by atoms with E-state index in [1.54, 1.807) is 6.92 Å². The van der Waals surface area contributed by atoms with Gasteiger partial charge in [0.1, 0.15) is 5.75 Å². The number of benzene rings is 1. The largest absolute Gasteiger partial charge is 0.573 e. The number of Topliss-reactive ketones (excluding diaryl/α,β-unsaturated/α-hetero) is 1. The number of rotatable bonds is 3. The minimum Gasteiger partial charge on any atom is -0.404 e. The van der Waals surface area contributed by atoms with Crippen LogP contribution in [0.3, 0.4) is 0 Å². The van der Waals surface area contributed by atoms with Crippen LogP contribution in [0.4, 0.5) is 13.2 Å². The van der Waals surface area contributed by atoms with Crippen LogP contribution in [0.15, 0.2) is 18.2 Å². The van der Waals surface area contributed by atoms with E-state index in [4.69, 9.17) is 11.6 Å². The molecule has 0 bridgehead atoms. The van der Waals surface area contributed by atoms with Crippen molar-refractivity contribution >= 4 is 33.3 Å². The van der Waals surface area contributed by atoms with Gasteiger partial charge in [0.15, 0.2) is 5.78 Å². The van der Waals surface area contributed by atoms with Crippen molar-refractivity contribution in [2.75, 3.05) is 0 Å². The molecular weight excluding hydrogens is 324 g/mol. The molecule has 2 nitrogen and oxygen atoms in total. The maximum Gasteiger partial charge on any atom is 0.573 e. The Labute approximate surface area is 109 Å². The zero-order valence-corrected chi connectivity index (χ0v) is 10.9. The Kier molecular flexibility index (Phi) is 4.43. The number of halogens is 5. The molecule has 0 fully saturated rings. The Bertz CT molecular complexity index is 432. The van der Waals surface area contributed by atoms with Gasteiger partial charge in [0, 0.05) is 5.56 Å². The highest BCUT2D eigenvalue weighted by molar-refractivity contribution is 9.10. The Morgan fingerprint density at radius 1 is 1.47 bits per heavy atom. The van der Waals surface area contributed by atoms with Crippen LogP contribution in [-0.4, -0.2) is 17.0 Å². The number of carbonyl (C=O) groups excluding carboxylic acids is 1. The fourth-order valence-corrected chi connectivity index (χ4v) is 1.62. The second-order valence-corrected chi connectivity index (χ2v) is 4.90. The van der Waals surface area contributed by atoms with Crippen molar-refractivity contribution < 1.29 is 22.7 Å². The predicted octanol–water partition coefficient (Wildman–Crippen LogP) is 4.20. The van der Waals surface area contributed by atoms with E-state index in [0.29, 0.717) is 0 Å². The standard InChI is InChI=1S/C10H7BrClF3O2/c1-5(11)9(16)6-3-2-4-7(8(6)12)17-10(13,14)15/h2-5H,1H3. The molecule has 0 radical (unpaired) electrons. The predicted molar refractivity (Wildman–Crippen MR) is 60.9 cm³/mol. The maximum atomic E-state index is 12.0. The zero-order valence-electron chi connectivity index (χ0n) is 8.52. The Morgan fingerprint density at radius 2 is 2.06 bits per heavy atom. The van der Waals surface area contributed by atoms with Crippen LogP contribution >= 0.6 is 27.5 Å². The molecule has 0 aromatic heterocycles. The monoisotopic (exact) mass is 330 g/mol. The Hall–Kier alpha value is -0.750. The van der Waals surface area contributed by atoms with Gasteiger partial charge in [-0.25, -0.2) is 0 Å². The minimum absolute atomic E-state index is 0.0159. The molecular formula is C10H7BrClF3O2. The average Bonchev–Trinajstić information content (AvgIpc) is 2.18. The molecule has 94 valence electrons. The van der Waals surface area contributed by atoms with Gasteiger partial charge < -0.3 is 4.74 Å². The van der Waals surface area contributed by atoms with E-state index in [-0.39, 0.29) is 10.6 Å². The molecule has 0 saturated carbocycles. The topological polar surface area (TPSA) is 26.3 Å². The van der Waals surface area contributed by atoms with Crippen LogP contribution in [0.2, 0.25) is 5.02 Å². The van der Waals surface area contributed by atoms with Gasteiger partial charge in [-0.05, 0) is 19.1 Å². The number of ketones is 1. The Morgan fingerprint density at radius 3 is 2.53 bits per heavy atom. The van der Waals surface area contributed by atoms with Crippen LogP contribution in [0.5, 0.6) is 5.75 Å². The molecule has 7 heteroatoms. The Balaban J connectivity index is 3.12. The molecule has 0 saturated heterocycles. The highest BCUT2D eigenvalue weighted by Gasteiger charge is 2.32. The number of ether oxygens (including phenoxy) is 1. The van der Waals surface area contributed by atoms with Crippen LogP contribution in [0.25, 0.3) is 0 Å². The lowest BCUT2D eigenvalue weighted by Crippen LogP contribution is -2.18. The first-order valence-corrected chi connectivity index (χ1v) is 5.74. The average molecular weight is 332 g/mol. The first kappa shape index (κ1) is 14.3. The summed E-state index contributed by atoms with van der Waals surface area (Å²) in [6.07, 6.45) is -4.84.